The quantitative estimate of drug-likeness (QED) is 0.594. The average molecular weight is 250 g/mol. The van der Waals surface area contributed by atoms with E-state index in [1.54, 1.807) is 0 Å². The van der Waals surface area contributed by atoms with Crippen molar-refractivity contribution in [3.63, 3.8) is 0 Å². The van der Waals surface area contributed by atoms with Gasteiger partial charge in [0.05, 0.1) is 6.04 Å². The van der Waals surface area contributed by atoms with Gasteiger partial charge < -0.3 is 10.6 Å². The van der Waals surface area contributed by atoms with Gasteiger partial charge in [0.15, 0.2) is 0 Å². The van der Waals surface area contributed by atoms with E-state index in [9.17, 15) is 4.79 Å². The van der Waals surface area contributed by atoms with Crippen LogP contribution in [-0.2, 0) is 4.79 Å². The molecule has 0 aromatic carbocycles. The SMILES string of the molecule is C/C=C/CCNC(=O)C1CCC2CCCCC2N1. The average Bonchev–Trinajstić information content (AvgIpc) is 2.43. The Bertz CT molecular complexity index is 301. The van der Waals surface area contributed by atoms with Gasteiger partial charge in [-0.1, -0.05) is 25.0 Å². The zero-order valence-electron chi connectivity index (χ0n) is 11.5. The van der Waals surface area contributed by atoms with Crippen LogP contribution < -0.4 is 10.6 Å². The number of carbonyl (C=O) groups excluding carboxylic acids is 1. The summed E-state index contributed by atoms with van der Waals surface area (Å²) in [5, 5.41) is 6.60. The number of amides is 1. The maximum atomic E-state index is 12.0. The summed E-state index contributed by atoms with van der Waals surface area (Å²) in [4.78, 5) is 12.0. The third-order valence-electron chi connectivity index (χ3n) is 4.31. The van der Waals surface area contributed by atoms with Gasteiger partial charge in [0.1, 0.15) is 0 Å². The third kappa shape index (κ3) is 3.58. The Morgan fingerprint density at radius 2 is 2.11 bits per heavy atom. The molecule has 3 unspecified atom stereocenters. The van der Waals surface area contributed by atoms with Gasteiger partial charge in [-0.25, -0.2) is 0 Å². The summed E-state index contributed by atoms with van der Waals surface area (Å²) in [5.41, 5.74) is 0. The summed E-state index contributed by atoms with van der Waals surface area (Å²) in [6.45, 7) is 2.77. The number of carbonyl (C=O) groups is 1. The summed E-state index contributed by atoms with van der Waals surface area (Å²) >= 11 is 0. The van der Waals surface area contributed by atoms with Gasteiger partial charge in [-0.15, -0.1) is 0 Å². The van der Waals surface area contributed by atoms with E-state index in [2.05, 4.69) is 16.7 Å². The smallest absolute Gasteiger partial charge is 0.237 e. The lowest BCUT2D eigenvalue weighted by molar-refractivity contribution is -0.124. The van der Waals surface area contributed by atoms with Crippen LogP contribution in [0.1, 0.15) is 51.9 Å². The number of hydrogen-bond acceptors (Lipinski definition) is 2. The highest BCUT2D eigenvalue weighted by atomic mass is 16.2. The topological polar surface area (TPSA) is 41.1 Å². The van der Waals surface area contributed by atoms with E-state index in [1.807, 2.05) is 13.0 Å². The Hall–Kier alpha value is -0.830. The first-order chi connectivity index (χ1) is 8.81. The van der Waals surface area contributed by atoms with E-state index < -0.39 is 0 Å². The molecule has 0 radical (unpaired) electrons. The molecule has 3 atom stereocenters. The fraction of sp³-hybridized carbons (Fsp3) is 0.800. The summed E-state index contributed by atoms with van der Waals surface area (Å²) in [6.07, 6.45) is 12.6. The minimum atomic E-state index is 0.0509. The molecule has 2 aliphatic rings. The molecule has 1 saturated heterocycles. The molecule has 102 valence electrons. The predicted octanol–water partition coefficient (Wildman–Crippen LogP) is 2.38. The molecule has 1 amide bonds. The molecule has 1 aliphatic carbocycles. The molecule has 18 heavy (non-hydrogen) atoms. The molecule has 2 fully saturated rings. The van der Waals surface area contributed by atoms with Gasteiger partial charge >= 0.3 is 0 Å². The molecule has 1 saturated carbocycles. The van der Waals surface area contributed by atoms with E-state index in [1.165, 1.54) is 32.1 Å². The van der Waals surface area contributed by atoms with Crippen LogP contribution in [0.15, 0.2) is 12.2 Å². The summed E-state index contributed by atoms with van der Waals surface area (Å²) < 4.78 is 0. The Kier molecular flexibility index (Phi) is 5.24. The van der Waals surface area contributed by atoms with Crippen molar-refractivity contribution in [3.05, 3.63) is 12.2 Å². The van der Waals surface area contributed by atoms with E-state index in [0.717, 1.165) is 25.3 Å². The molecule has 2 N–H and O–H groups in total. The molecular weight excluding hydrogens is 224 g/mol. The number of allylic oxidation sites excluding steroid dienone is 1. The van der Waals surface area contributed by atoms with Crippen molar-refractivity contribution < 1.29 is 4.79 Å². The second-order valence-corrected chi connectivity index (χ2v) is 5.60. The number of nitrogens with one attached hydrogen (secondary N) is 2. The van der Waals surface area contributed by atoms with Gasteiger partial charge in [0.25, 0.3) is 0 Å². The van der Waals surface area contributed by atoms with Crippen LogP contribution >= 0.6 is 0 Å². The molecule has 0 spiro atoms. The minimum absolute atomic E-state index is 0.0509. The van der Waals surface area contributed by atoms with Gasteiger partial charge in [0, 0.05) is 12.6 Å². The molecule has 3 heteroatoms. The number of hydrogen-bond donors (Lipinski definition) is 2. The molecule has 0 aromatic rings. The second-order valence-electron chi connectivity index (χ2n) is 5.60. The highest BCUT2D eigenvalue weighted by Gasteiger charge is 2.34. The molecule has 1 aliphatic heterocycles. The standard InChI is InChI=1S/C15H26N2O/c1-2-3-6-11-16-15(18)14-10-9-12-7-4-5-8-13(12)17-14/h2-3,12-14,17H,4-11H2,1H3,(H,16,18)/b3-2+. The number of fused-ring (bicyclic) bond motifs is 1. The number of rotatable bonds is 4. The normalized spacial score (nSPS) is 32.2. The fourth-order valence-electron chi connectivity index (χ4n) is 3.27. The van der Waals surface area contributed by atoms with Crippen LogP contribution in [0.2, 0.25) is 0 Å². The Labute approximate surface area is 110 Å². The first kappa shape index (κ1) is 13.6. The highest BCUT2D eigenvalue weighted by molar-refractivity contribution is 5.81. The van der Waals surface area contributed by atoms with E-state index >= 15 is 0 Å². The Morgan fingerprint density at radius 1 is 1.28 bits per heavy atom. The maximum absolute atomic E-state index is 12.0. The van der Waals surface area contributed by atoms with Gasteiger partial charge in [-0.05, 0) is 44.9 Å². The van der Waals surface area contributed by atoms with Crippen LogP contribution in [-0.4, -0.2) is 24.5 Å². The molecular formula is C15H26N2O. The van der Waals surface area contributed by atoms with Crippen LogP contribution in [0.3, 0.4) is 0 Å². The van der Waals surface area contributed by atoms with Crippen LogP contribution in [0, 0.1) is 5.92 Å². The second kappa shape index (κ2) is 6.93. The van der Waals surface area contributed by atoms with Crippen LogP contribution in [0.25, 0.3) is 0 Å². The van der Waals surface area contributed by atoms with Crippen molar-refractivity contribution in [3.8, 4) is 0 Å². The van der Waals surface area contributed by atoms with E-state index in [4.69, 9.17) is 0 Å². The summed E-state index contributed by atoms with van der Waals surface area (Å²) in [5.74, 6) is 1.02. The van der Waals surface area contributed by atoms with Gasteiger partial charge in [-0.2, -0.15) is 0 Å². The van der Waals surface area contributed by atoms with E-state index in [0.29, 0.717) is 6.04 Å². The van der Waals surface area contributed by atoms with Crippen molar-refractivity contribution in [2.45, 2.75) is 64.0 Å². The molecule has 0 aromatic heterocycles. The van der Waals surface area contributed by atoms with Crippen LogP contribution in [0.5, 0.6) is 0 Å². The van der Waals surface area contributed by atoms with Crippen molar-refractivity contribution in [2.75, 3.05) is 6.54 Å². The summed E-state index contributed by atoms with van der Waals surface area (Å²) in [7, 11) is 0. The summed E-state index contributed by atoms with van der Waals surface area (Å²) in [6, 6.07) is 0.647. The lowest BCUT2D eigenvalue weighted by Crippen LogP contribution is -2.55. The monoisotopic (exact) mass is 250 g/mol. The third-order valence-corrected chi connectivity index (χ3v) is 4.31. The van der Waals surface area contributed by atoms with Crippen molar-refractivity contribution in [1.82, 2.24) is 10.6 Å². The predicted molar refractivity (Wildman–Crippen MR) is 74.3 cm³/mol. The molecule has 3 nitrogen and oxygen atoms in total. The minimum Gasteiger partial charge on any atom is -0.354 e. The lowest BCUT2D eigenvalue weighted by Gasteiger charge is -2.39. The first-order valence-electron chi connectivity index (χ1n) is 7.46. The van der Waals surface area contributed by atoms with Crippen molar-refractivity contribution in [1.29, 1.82) is 0 Å². The highest BCUT2D eigenvalue weighted by Crippen LogP contribution is 2.32. The molecule has 2 rings (SSSR count). The maximum Gasteiger partial charge on any atom is 0.237 e. The van der Waals surface area contributed by atoms with E-state index in [-0.39, 0.29) is 11.9 Å². The van der Waals surface area contributed by atoms with Gasteiger partial charge in [0.2, 0.25) is 5.91 Å². The molecule has 0 bridgehead atoms. The lowest BCUT2D eigenvalue weighted by atomic mass is 9.77. The van der Waals surface area contributed by atoms with Gasteiger partial charge in [-0.3, -0.25) is 4.79 Å². The van der Waals surface area contributed by atoms with Crippen molar-refractivity contribution in [2.24, 2.45) is 5.92 Å². The Morgan fingerprint density at radius 3 is 2.94 bits per heavy atom. The molecule has 1 heterocycles. The Balaban J connectivity index is 1.74. The zero-order chi connectivity index (χ0) is 12.8. The van der Waals surface area contributed by atoms with Crippen molar-refractivity contribution >= 4 is 5.91 Å². The largest absolute Gasteiger partial charge is 0.354 e. The zero-order valence-corrected chi connectivity index (χ0v) is 11.5. The first-order valence-corrected chi connectivity index (χ1v) is 7.46. The number of piperidine rings is 1. The van der Waals surface area contributed by atoms with Crippen LogP contribution in [0.4, 0.5) is 0 Å². The fourth-order valence-corrected chi connectivity index (χ4v) is 3.27.